The van der Waals surface area contributed by atoms with E-state index in [0.717, 1.165) is 76.8 Å². The van der Waals surface area contributed by atoms with Crippen molar-refractivity contribution in [1.82, 2.24) is 0 Å². The zero-order valence-electron chi connectivity index (χ0n) is 31.0. The molecule has 0 bridgehead atoms. The van der Waals surface area contributed by atoms with Gasteiger partial charge in [0.05, 0.1) is 50.7 Å². The molecule has 8 heteroatoms. The van der Waals surface area contributed by atoms with Gasteiger partial charge in [-0.1, -0.05) is 72.8 Å². The highest BCUT2D eigenvalue weighted by molar-refractivity contribution is 6.32. The molecule has 0 aliphatic carbocycles. The van der Waals surface area contributed by atoms with Crippen LogP contribution in [-0.4, -0.2) is 52.3 Å². The van der Waals surface area contributed by atoms with E-state index in [2.05, 4.69) is 36.4 Å². The third kappa shape index (κ3) is 6.07. The predicted molar refractivity (Wildman–Crippen MR) is 217 cm³/mol. The van der Waals surface area contributed by atoms with E-state index in [1.807, 2.05) is 72.8 Å². The molecule has 0 aliphatic rings. The summed E-state index contributed by atoms with van der Waals surface area (Å²) in [5, 5.41) is 5.64. The van der Waals surface area contributed by atoms with Crippen molar-refractivity contribution in [2.24, 2.45) is 0 Å². The molecule has 0 aromatic heterocycles. The van der Waals surface area contributed by atoms with Crippen LogP contribution in [0, 0.1) is 0 Å². The van der Waals surface area contributed by atoms with Crippen molar-refractivity contribution in [3.8, 4) is 44.5 Å². The Bertz CT molecular complexity index is 2500. The van der Waals surface area contributed by atoms with Crippen molar-refractivity contribution < 1.29 is 38.1 Å². The van der Waals surface area contributed by atoms with Crippen LogP contribution in [0.4, 0.5) is 0 Å². The van der Waals surface area contributed by atoms with Crippen LogP contribution < -0.4 is 0 Å². The van der Waals surface area contributed by atoms with Gasteiger partial charge in [0.2, 0.25) is 0 Å². The molecule has 8 rings (SSSR count). The number of hydrogen-bond acceptors (Lipinski definition) is 8. The van der Waals surface area contributed by atoms with Gasteiger partial charge in [-0.05, 0) is 137 Å². The first-order valence-electron chi connectivity index (χ1n) is 17.8. The molecule has 0 atom stereocenters. The van der Waals surface area contributed by atoms with Crippen molar-refractivity contribution in [2.45, 2.75) is 0 Å². The summed E-state index contributed by atoms with van der Waals surface area (Å²) in [5.74, 6) is -1.80. The molecule has 0 N–H and O–H groups in total. The molecule has 56 heavy (non-hydrogen) atoms. The Labute approximate surface area is 322 Å². The molecule has 0 saturated carbocycles. The molecule has 8 aromatic rings. The fraction of sp³-hybridized carbons (Fsp3) is 0.0833. The lowest BCUT2D eigenvalue weighted by atomic mass is 9.81. The van der Waals surface area contributed by atoms with Crippen LogP contribution in [-0.2, 0) is 18.9 Å². The van der Waals surface area contributed by atoms with Crippen LogP contribution in [0.2, 0.25) is 0 Å². The van der Waals surface area contributed by atoms with Gasteiger partial charge in [-0.2, -0.15) is 0 Å². The van der Waals surface area contributed by atoms with E-state index in [9.17, 15) is 19.2 Å². The first-order valence-corrected chi connectivity index (χ1v) is 17.8. The lowest BCUT2D eigenvalue weighted by Crippen LogP contribution is -2.02. The summed E-state index contributed by atoms with van der Waals surface area (Å²) < 4.78 is 20.3. The molecule has 274 valence electrons. The number of benzene rings is 8. The first kappa shape index (κ1) is 35.7. The normalized spacial score (nSPS) is 11.1. The molecule has 0 fully saturated rings. The van der Waals surface area contributed by atoms with Crippen LogP contribution in [0.15, 0.2) is 133 Å². The summed E-state index contributed by atoms with van der Waals surface area (Å²) in [6, 6.07) is 41.8. The Kier molecular flexibility index (Phi) is 9.24. The highest BCUT2D eigenvalue weighted by atomic mass is 16.5. The van der Waals surface area contributed by atoms with Crippen LogP contribution in [0.1, 0.15) is 41.4 Å². The van der Waals surface area contributed by atoms with E-state index in [0.29, 0.717) is 22.3 Å². The Morgan fingerprint density at radius 1 is 0.321 bits per heavy atom. The van der Waals surface area contributed by atoms with E-state index >= 15 is 0 Å². The van der Waals surface area contributed by atoms with Crippen LogP contribution >= 0.6 is 0 Å². The Hall–Kier alpha value is -7.32. The zero-order valence-corrected chi connectivity index (χ0v) is 31.0. The van der Waals surface area contributed by atoms with Crippen LogP contribution in [0.5, 0.6) is 0 Å². The summed E-state index contributed by atoms with van der Waals surface area (Å²) in [6.45, 7) is 0. The van der Waals surface area contributed by atoms with Crippen molar-refractivity contribution in [3.05, 3.63) is 156 Å². The summed E-state index contributed by atoms with van der Waals surface area (Å²) in [5.41, 5.74) is 8.29. The molecule has 0 amide bonds. The average molecular weight is 739 g/mol. The van der Waals surface area contributed by atoms with Crippen molar-refractivity contribution in [3.63, 3.8) is 0 Å². The summed E-state index contributed by atoms with van der Waals surface area (Å²) in [4.78, 5) is 51.0. The van der Waals surface area contributed by atoms with Crippen molar-refractivity contribution in [1.29, 1.82) is 0 Å². The molecule has 0 radical (unpaired) electrons. The fourth-order valence-corrected chi connectivity index (χ4v) is 7.67. The van der Waals surface area contributed by atoms with Gasteiger partial charge in [0.25, 0.3) is 0 Å². The minimum atomic E-state index is -0.451. The van der Waals surface area contributed by atoms with Gasteiger partial charge >= 0.3 is 23.9 Å². The number of esters is 4. The molecule has 8 aromatic carbocycles. The van der Waals surface area contributed by atoms with Crippen molar-refractivity contribution in [2.75, 3.05) is 28.4 Å². The molecule has 8 nitrogen and oxygen atoms in total. The third-order valence-corrected chi connectivity index (χ3v) is 10.3. The number of carbonyl (C=O) groups is 4. The quantitative estimate of drug-likeness (QED) is 0.0862. The zero-order chi connectivity index (χ0) is 39.1. The average Bonchev–Trinajstić information content (AvgIpc) is 3.26. The molecule has 0 spiro atoms. The fourth-order valence-electron chi connectivity index (χ4n) is 7.67. The second-order valence-electron chi connectivity index (χ2n) is 13.3. The van der Waals surface area contributed by atoms with Crippen LogP contribution in [0.25, 0.3) is 76.8 Å². The Morgan fingerprint density at radius 2 is 0.554 bits per heavy atom. The molecule has 0 saturated heterocycles. The summed E-state index contributed by atoms with van der Waals surface area (Å²) in [7, 11) is 5.42. The largest absolute Gasteiger partial charge is 0.465 e. The standard InChI is InChI=1S/C48H34O8/c1-53-45(49)31-13-5-9-27(21-31)39-25-40(28-10-6-14-32(22-28)46(50)54-2)36-19-20-38-42(30-12-8-16-34(24-30)48(52)56-4)26-41(37-18-17-35(39)43(36)44(37)38)29-11-7-15-33(23-29)47(51)55-3/h5-26H,1-4H3. The maximum atomic E-state index is 12.7. The summed E-state index contributed by atoms with van der Waals surface area (Å²) >= 11 is 0. The lowest BCUT2D eigenvalue weighted by Gasteiger charge is -2.22. The molecular weight excluding hydrogens is 705 g/mol. The Morgan fingerprint density at radius 3 is 0.768 bits per heavy atom. The number of hydrogen-bond donors (Lipinski definition) is 0. The van der Waals surface area contributed by atoms with Crippen LogP contribution in [0.3, 0.4) is 0 Å². The van der Waals surface area contributed by atoms with Gasteiger partial charge in [-0.3, -0.25) is 0 Å². The topological polar surface area (TPSA) is 105 Å². The van der Waals surface area contributed by atoms with Gasteiger partial charge in [0, 0.05) is 0 Å². The first-order chi connectivity index (χ1) is 27.2. The lowest BCUT2D eigenvalue weighted by molar-refractivity contribution is 0.0592. The summed E-state index contributed by atoms with van der Waals surface area (Å²) in [6.07, 6.45) is 0. The number of methoxy groups -OCH3 is 4. The Balaban J connectivity index is 1.54. The van der Waals surface area contributed by atoms with Gasteiger partial charge in [0.15, 0.2) is 0 Å². The number of carbonyl (C=O) groups excluding carboxylic acids is 4. The van der Waals surface area contributed by atoms with E-state index in [1.165, 1.54) is 28.4 Å². The monoisotopic (exact) mass is 738 g/mol. The van der Waals surface area contributed by atoms with Gasteiger partial charge in [-0.15, -0.1) is 0 Å². The van der Waals surface area contributed by atoms with Gasteiger partial charge < -0.3 is 18.9 Å². The third-order valence-electron chi connectivity index (χ3n) is 10.3. The van der Waals surface area contributed by atoms with Crippen molar-refractivity contribution >= 4 is 56.2 Å². The molecule has 0 aliphatic heterocycles. The number of ether oxygens (including phenoxy) is 4. The molecule has 0 heterocycles. The predicted octanol–water partition coefficient (Wildman–Crippen LogP) is 10.4. The second kappa shape index (κ2) is 14.5. The SMILES string of the molecule is COC(=O)c1cccc(-c2cc(-c3cccc(C(=O)OC)c3)c3ccc4c(-c5cccc(C(=O)OC)c5)cc(-c5cccc(C(=O)OC)c5)c5ccc2c3c54)c1. The highest BCUT2D eigenvalue weighted by Gasteiger charge is 2.23. The van der Waals surface area contributed by atoms with E-state index in [4.69, 9.17) is 18.9 Å². The second-order valence-corrected chi connectivity index (χ2v) is 13.3. The maximum absolute atomic E-state index is 12.7. The van der Waals surface area contributed by atoms with Gasteiger partial charge in [-0.25, -0.2) is 19.2 Å². The minimum absolute atomic E-state index is 0.408. The number of rotatable bonds is 8. The molecular formula is C48H34O8. The van der Waals surface area contributed by atoms with E-state index in [1.54, 1.807) is 24.3 Å². The smallest absolute Gasteiger partial charge is 0.337 e. The maximum Gasteiger partial charge on any atom is 0.337 e. The van der Waals surface area contributed by atoms with E-state index < -0.39 is 23.9 Å². The van der Waals surface area contributed by atoms with Gasteiger partial charge in [0.1, 0.15) is 0 Å². The minimum Gasteiger partial charge on any atom is -0.465 e. The van der Waals surface area contributed by atoms with E-state index in [-0.39, 0.29) is 0 Å². The highest BCUT2D eigenvalue weighted by Crippen LogP contribution is 2.48. The molecule has 0 unspecified atom stereocenters.